The van der Waals surface area contributed by atoms with Gasteiger partial charge in [0.15, 0.2) is 11.4 Å². The predicted octanol–water partition coefficient (Wildman–Crippen LogP) is 2.77. The number of rotatable bonds is 1. The van der Waals surface area contributed by atoms with Crippen LogP contribution in [-0.2, 0) is 6.18 Å². The lowest BCUT2D eigenvalue weighted by Gasteiger charge is -2.10. The Morgan fingerprint density at radius 1 is 1.21 bits per heavy atom. The molecule has 0 aliphatic heterocycles. The molecule has 0 bridgehead atoms. The molecule has 1 aromatic carbocycles. The lowest BCUT2D eigenvalue weighted by Crippen LogP contribution is -2.15. The van der Waals surface area contributed by atoms with Crippen molar-refractivity contribution in [2.45, 2.75) is 20.0 Å². The highest BCUT2D eigenvalue weighted by Gasteiger charge is 2.40. The first-order valence-corrected chi connectivity index (χ1v) is 5.35. The van der Waals surface area contributed by atoms with Gasteiger partial charge in [0.1, 0.15) is 6.07 Å². The lowest BCUT2D eigenvalue weighted by molar-refractivity contribution is -0.143. The Kier molecular flexibility index (Phi) is 3.02. The van der Waals surface area contributed by atoms with Crippen molar-refractivity contribution in [2.24, 2.45) is 0 Å². The van der Waals surface area contributed by atoms with Crippen molar-refractivity contribution in [3.8, 4) is 11.8 Å². The molecule has 2 aromatic rings. The maximum absolute atomic E-state index is 12.9. The maximum Gasteiger partial charge on any atom is 0.436 e. The highest BCUT2D eigenvalue weighted by molar-refractivity contribution is 5.42. The number of aryl methyl sites for hydroxylation is 2. The summed E-state index contributed by atoms with van der Waals surface area (Å²) in [4.78, 5) is 0. The van der Waals surface area contributed by atoms with E-state index in [9.17, 15) is 13.2 Å². The molecule has 0 atom stereocenters. The zero-order valence-electron chi connectivity index (χ0n) is 10.2. The summed E-state index contributed by atoms with van der Waals surface area (Å²) in [5, 5.41) is 15.4. The van der Waals surface area contributed by atoms with Gasteiger partial charge < -0.3 is 0 Å². The maximum atomic E-state index is 12.9. The molecule has 0 radical (unpaired) electrons. The second kappa shape index (κ2) is 4.39. The first-order valence-electron chi connectivity index (χ1n) is 5.35. The first-order chi connectivity index (χ1) is 8.84. The van der Waals surface area contributed by atoms with Crippen molar-refractivity contribution in [1.29, 1.82) is 5.26 Å². The topological polar surface area (TPSA) is 54.5 Å². The van der Waals surface area contributed by atoms with Crippen molar-refractivity contribution < 1.29 is 13.2 Å². The van der Waals surface area contributed by atoms with Crippen LogP contribution in [0.15, 0.2) is 18.2 Å². The third-order valence-electron chi connectivity index (χ3n) is 2.78. The van der Waals surface area contributed by atoms with Gasteiger partial charge in [-0.3, -0.25) is 0 Å². The van der Waals surface area contributed by atoms with Crippen LogP contribution in [-0.4, -0.2) is 15.0 Å². The molecular formula is C12H9F3N4. The van der Waals surface area contributed by atoms with Crippen molar-refractivity contribution >= 4 is 0 Å². The van der Waals surface area contributed by atoms with E-state index in [-0.39, 0.29) is 5.69 Å². The van der Waals surface area contributed by atoms with Gasteiger partial charge in [-0.05, 0) is 37.1 Å². The molecule has 0 spiro atoms. The summed E-state index contributed by atoms with van der Waals surface area (Å²) in [5.41, 5.74) is 0.131. The van der Waals surface area contributed by atoms with Gasteiger partial charge in [-0.1, -0.05) is 11.3 Å². The zero-order valence-corrected chi connectivity index (χ0v) is 10.2. The van der Waals surface area contributed by atoms with Gasteiger partial charge >= 0.3 is 6.18 Å². The monoisotopic (exact) mass is 266 g/mol. The van der Waals surface area contributed by atoms with Crippen LogP contribution in [0, 0.1) is 25.2 Å². The molecule has 0 unspecified atom stereocenters. The Hall–Kier alpha value is -2.36. The number of nitriles is 1. The minimum Gasteiger partial charge on any atom is -0.207 e. The van der Waals surface area contributed by atoms with Crippen LogP contribution in [0.4, 0.5) is 13.2 Å². The fraction of sp³-hybridized carbons (Fsp3) is 0.250. The molecule has 0 fully saturated rings. The molecule has 0 aliphatic rings. The number of hydrogen-bond donors (Lipinski definition) is 0. The molecule has 0 amide bonds. The van der Waals surface area contributed by atoms with Crippen molar-refractivity contribution in [3.63, 3.8) is 0 Å². The first kappa shape index (κ1) is 13.1. The van der Waals surface area contributed by atoms with E-state index >= 15 is 0 Å². The normalized spacial score (nSPS) is 11.4. The van der Waals surface area contributed by atoms with Gasteiger partial charge in [0, 0.05) is 0 Å². The van der Waals surface area contributed by atoms with Crippen molar-refractivity contribution in [3.05, 3.63) is 40.7 Å². The molecular weight excluding hydrogens is 257 g/mol. The molecule has 19 heavy (non-hydrogen) atoms. The fourth-order valence-electron chi connectivity index (χ4n) is 1.65. The second-order valence-electron chi connectivity index (χ2n) is 4.08. The molecule has 0 N–H and O–H groups in total. The highest BCUT2D eigenvalue weighted by atomic mass is 19.4. The average Bonchev–Trinajstić information content (AvgIpc) is 2.76. The Labute approximate surface area is 107 Å². The minimum atomic E-state index is -4.69. The van der Waals surface area contributed by atoms with E-state index in [1.54, 1.807) is 19.1 Å². The zero-order chi connectivity index (χ0) is 14.2. The second-order valence-corrected chi connectivity index (χ2v) is 4.08. The number of hydrogen-bond acceptors (Lipinski definition) is 3. The van der Waals surface area contributed by atoms with Gasteiger partial charge in [-0.25, -0.2) is 4.68 Å². The molecule has 1 heterocycles. The SMILES string of the molecule is Cc1ccc(-n2nnc(C#N)c2C(F)(F)F)cc1C. The van der Waals surface area contributed by atoms with Crippen LogP contribution < -0.4 is 0 Å². The van der Waals surface area contributed by atoms with E-state index < -0.39 is 17.6 Å². The van der Waals surface area contributed by atoms with E-state index in [0.29, 0.717) is 4.68 Å². The minimum absolute atomic E-state index is 0.226. The van der Waals surface area contributed by atoms with Crippen LogP contribution >= 0.6 is 0 Å². The molecule has 0 saturated heterocycles. The fourth-order valence-corrected chi connectivity index (χ4v) is 1.65. The third-order valence-corrected chi connectivity index (χ3v) is 2.78. The molecule has 98 valence electrons. The Morgan fingerprint density at radius 2 is 1.89 bits per heavy atom. The standard InChI is InChI=1S/C12H9F3N4/c1-7-3-4-9(5-8(7)2)19-11(12(13,14)15)10(6-16)17-18-19/h3-5H,1-2H3. The highest BCUT2D eigenvalue weighted by Crippen LogP contribution is 2.32. The van der Waals surface area contributed by atoms with Crippen molar-refractivity contribution in [2.75, 3.05) is 0 Å². The number of alkyl halides is 3. The quantitative estimate of drug-likeness (QED) is 0.797. The van der Waals surface area contributed by atoms with Gasteiger partial charge in [0.2, 0.25) is 0 Å². The van der Waals surface area contributed by atoms with Gasteiger partial charge in [-0.15, -0.1) is 5.10 Å². The summed E-state index contributed by atoms with van der Waals surface area (Å²) in [6.07, 6.45) is -4.69. The van der Waals surface area contributed by atoms with E-state index in [4.69, 9.17) is 5.26 Å². The summed E-state index contributed by atoms with van der Waals surface area (Å²) >= 11 is 0. The van der Waals surface area contributed by atoms with E-state index in [2.05, 4.69) is 10.3 Å². The average molecular weight is 266 g/mol. The van der Waals surface area contributed by atoms with Gasteiger partial charge in [0.25, 0.3) is 0 Å². The largest absolute Gasteiger partial charge is 0.436 e. The van der Waals surface area contributed by atoms with Crippen LogP contribution in [0.25, 0.3) is 5.69 Å². The van der Waals surface area contributed by atoms with Crippen molar-refractivity contribution in [1.82, 2.24) is 15.0 Å². The number of halogens is 3. The molecule has 4 nitrogen and oxygen atoms in total. The molecule has 1 aromatic heterocycles. The predicted molar refractivity (Wildman–Crippen MR) is 60.6 cm³/mol. The summed E-state index contributed by atoms with van der Waals surface area (Å²) in [6, 6.07) is 6.17. The van der Waals surface area contributed by atoms with Crippen LogP contribution in [0.2, 0.25) is 0 Å². The molecule has 7 heteroatoms. The molecule has 2 rings (SSSR count). The van der Waals surface area contributed by atoms with Crippen LogP contribution in [0.1, 0.15) is 22.5 Å². The third kappa shape index (κ3) is 2.29. The summed E-state index contributed by atoms with van der Waals surface area (Å²) in [5.74, 6) is 0. The Balaban J connectivity index is 2.67. The summed E-state index contributed by atoms with van der Waals surface area (Å²) in [6.45, 7) is 3.64. The smallest absolute Gasteiger partial charge is 0.207 e. The van der Waals surface area contributed by atoms with E-state index in [1.807, 2.05) is 6.92 Å². The van der Waals surface area contributed by atoms with E-state index in [1.165, 1.54) is 12.1 Å². The number of nitrogens with zero attached hydrogens (tertiary/aromatic N) is 4. The van der Waals surface area contributed by atoms with Crippen LogP contribution in [0.3, 0.4) is 0 Å². The molecule has 0 aliphatic carbocycles. The Morgan fingerprint density at radius 3 is 2.42 bits per heavy atom. The molecule has 0 saturated carbocycles. The summed E-state index contributed by atoms with van der Waals surface area (Å²) < 4.78 is 39.5. The van der Waals surface area contributed by atoms with Crippen LogP contribution in [0.5, 0.6) is 0 Å². The summed E-state index contributed by atoms with van der Waals surface area (Å²) in [7, 11) is 0. The van der Waals surface area contributed by atoms with E-state index in [0.717, 1.165) is 11.1 Å². The van der Waals surface area contributed by atoms with Gasteiger partial charge in [0.05, 0.1) is 5.69 Å². The Bertz CT molecular complexity index is 665. The lowest BCUT2D eigenvalue weighted by atomic mass is 10.1. The number of aromatic nitrogens is 3. The number of benzene rings is 1. The van der Waals surface area contributed by atoms with Gasteiger partial charge in [-0.2, -0.15) is 18.4 Å².